The van der Waals surface area contributed by atoms with Gasteiger partial charge in [0, 0.05) is 22.0 Å². The lowest BCUT2D eigenvalue weighted by molar-refractivity contribution is -0.117. The van der Waals surface area contributed by atoms with Crippen molar-refractivity contribution in [3.63, 3.8) is 0 Å². The van der Waals surface area contributed by atoms with Gasteiger partial charge in [0.25, 0.3) is 0 Å². The Hall–Kier alpha value is -2.37. The van der Waals surface area contributed by atoms with Crippen LogP contribution in [0.1, 0.15) is 23.3 Å². The van der Waals surface area contributed by atoms with E-state index in [2.05, 4.69) is 4.98 Å². The van der Waals surface area contributed by atoms with E-state index in [1.54, 1.807) is 36.6 Å². The summed E-state index contributed by atoms with van der Waals surface area (Å²) in [5.41, 5.74) is 2.86. The second-order valence-electron chi connectivity index (χ2n) is 5.80. The standard InChI is InChI=1S/C20H14FNOS2/c1-12(23)17(14-8-10-24-11-14)19-18(13-4-6-15(21)7-5-13)16-3-2-9-22-20(16)25-19/h2-11,17H,1H3. The van der Waals surface area contributed by atoms with Gasteiger partial charge < -0.3 is 0 Å². The third kappa shape index (κ3) is 2.90. The molecule has 25 heavy (non-hydrogen) atoms. The van der Waals surface area contributed by atoms with Gasteiger partial charge in [0.1, 0.15) is 16.4 Å². The Balaban J connectivity index is 2.01. The number of hydrogen-bond acceptors (Lipinski definition) is 4. The molecule has 3 heterocycles. The smallest absolute Gasteiger partial charge is 0.142 e. The molecule has 0 N–H and O–H groups in total. The molecule has 0 aliphatic carbocycles. The highest BCUT2D eigenvalue weighted by Crippen LogP contribution is 2.44. The van der Waals surface area contributed by atoms with E-state index in [0.717, 1.165) is 31.8 Å². The predicted octanol–water partition coefficient (Wildman–Crippen LogP) is 5.88. The number of carbonyl (C=O) groups is 1. The Kier molecular flexibility index (Phi) is 4.19. The van der Waals surface area contributed by atoms with E-state index in [4.69, 9.17) is 0 Å². The summed E-state index contributed by atoms with van der Waals surface area (Å²) in [7, 11) is 0. The lowest BCUT2D eigenvalue weighted by Crippen LogP contribution is -2.09. The molecule has 0 saturated carbocycles. The van der Waals surface area contributed by atoms with Gasteiger partial charge in [0.05, 0.1) is 5.92 Å². The van der Waals surface area contributed by atoms with E-state index in [-0.39, 0.29) is 17.5 Å². The molecule has 0 fully saturated rings. The summed E-state index contributed by atoms with van der Waals surface area (Å²) in [5.74, 6) is -0.511. The Morgan fingerprint density at radius 1 is 1.16 bits per heavy atom. The average molecular weight is 367 g/mol. The van der Waals surface area contributed by atoms with Crippen LogP contribution in [0.4, 0.5) is 4.39 Å². The maximum absolute atomic E-state index is 13.4. The zero-order valence-electron chi connectivity index (χ0n) is 13.4. The van der Waals surface area contributed by atoms with Crippen LogP contribution in [0.25, 0.3) is 21.3 Å². The van der Waals surface area contributed by atoms with Crippen LogP contribution in [0, 0.1) is 5.82 Å². The molecule has 3 aromatic heterocycles. The highest BCUT2D eigenvalue weighted by atomic mass is 32.1. The van der Waals surface area contributed by atoms with Crippen molar-refractivity contribution >= 4 is 38.7 Å². The van der Waals surface area contributed by atoms with Crippen molar-refractivity contribution in [2.45, 2.75) is 12.8 Å². The van der Waals surface area contributed by atoms with E-state index < -0.39 is 0 Å². The summed E-state index contributed by atoms with van der Waals surface area (Å²) in [5, 5.41) is 4.99. The molecule has 0 aliphatic rings. The molecule has 1 atom stereocenters. The number of nitrogens with zero attached hydrogens (tertiary/aromatic N) is 1. The van der Waals surface area contributed by atoms with Crippen LogP contribution in [-0.2, 0) is 4.79 Å². The molecular weight excluding hydrogens is 353 g/mol. The predicted molar refractivity (Wildman–Crippen MR) is 102 cm³/mol. The molecule has 0 spiro atoms. The number of halogens is 1. The van der Waals surface area contributed by atoms with Crippen molar-refractivity contribution in [2.24, 2.45) is 0 Å². The number of fused-ring (bicyclic) bond motifs is 1. The Morgan fingerprint density at radius 2 is 1.96 bits per heavy atom. The largest absolute Gasteiger partial charge is 0.299 e. The first kappa shape index (κ1) is 16.1. The van der Waals surface area contributed by atoms with Gasteiger partial charge in [0.2, 0.25) is 0 Å². The van der Waals surface area contributed by atoms with E-state index >= 15 is 0 Å². The minimum Gasteiger partial charge on any atom is -0.299 e. The van der Waals surface area contributed by atoms with Gasteiger partial charge in [-0.1, -0.05) is 12.1 Å². The molecule has 5 heteroatoms. The number of carbonyl (C=O) groups excluding carboxylic acids is 1. The van der Waals surface area contributed by atoms with Crippen molar-refractivity contribution in [1.82, 2.24) is 4.98 Å². The van der Waals surface area contributed by atoms with E-state index in [1.807, 2.05) is 29.0 Å². The number of hydrogen-bond donors (Lipinski definition) is 0. The number of thiophene rings is 2. The van der Waals surface area contributed by atoms with Gasteiger partial charge in [-0.25, -0.2) is 9.37 Å². The molecule has 0 saturated heterocycles. The molecule has 0 bridgehead atoms. The van der Waals surface area contributed by atoms with Crippen LogP contribution >= 0.6 is 22.7 Å². The molecular formula is C20H14FNOS2. The fraction of sp³-hybridized carbons (Fsp3) is 0.100. The molecule has 0 aliphatic heterocycles. The maximum Gasteiger partial charge on any atom is 0.142 e. The highest BCUT2D eigenvalue weighted by Gasteiger charge is 2.27. The summed E-state index contributed by atoms with van der Waals surface area (Å²) >= 11 is 3.11. The molecule has 2 nitrogen and oxygen atoms in total. The monoisotopic (exact) mass is 367 g/mol. The summed E-state index contributed by atoms with van der Waals surface area (Å²) in [4.78, 5) is 18.8. The molecule has 0 amide bonds. The summed E-state index contributed by atoms with van der Waals surface area (Å²) in [6, 6.07) is 12.3. The number of Topliss-reactive ketones (excluding diaryl/α,β-unsaturated/α-hetero) is 1. The van der Waals surface area contributed by atoms with Gasteiger partial charge in [0.15, 0.2) is 0 Å². The second kappa shape index (κ2) is 6.50. The van der Waals surface area contributed by atoms with E-state index in [0.29, 0.717) is 0 Å². The molecule has 0 radical (unpaired) electrons. The van der Waals surface area contributed by atoms with Gasteiger partial charge >= 0.3 is 0 Å². The first-order chi connectivity index (χ1) is 12.1. The number of ketones is 1. The minimum absolute atomic E-state index is 0.0910. The quantitative estimate of drug-likeness (QED) is 0.450. The van der Waals surface area contributed by atoms with Crippen LogP contribution < -0.4 is 0 Å². The van der Waals surface area contributed by atoms with Gasteiger partial charge in [-0.05, 0) is 59.1 Å². The fourth-order valence-electron chi connectivity index (χ4n) is 3.08. The van der Waals surface area contributed by atoms with Gasteiger partial charge in [-0.2, -0.15) is 11.3 Å². The van der Waals surface area contributed by atoms with Crippen molar-refractivity contribution in [2.75, 3.05) is 0 Å². The van der Waals surface area contributed by atoms with E-state index in [9.17, 15) is 9.18 Å². The van der Waals surface area contributed by atoms with Crippen molar-refractivity contribution < 1.29 is 9.18 Å². The summed E-state index contributed by atoms with van der Waals surface area (Å²) in [6.07, 6.45) is 1.75. The zero-order chi connectivity index (χ0) is 17.4. The highest BCUT2D eigenvalue weighted by molar-refractivity contribution is 7.19. The zero-order valence-corrected chi connectivity index (χ0v) is 15.0. The molecule has 1 unspecified atom stereocenters. The lowest BCUT2D eigenvalue weighted by Gasteiger charge is -2.14. The van der Waals surface area contributed by atoms with Crippen LogP contribution in [0.3, 0.4) is 0 Å². The summed E-state index contributed by atoms with van der Waals surface area (Å²) < 4.78 is 13.4. The third-order valence-corrected chi connectivity index (χ3v) is 6.05. The number of rotatable bonds is 4. The van der Waals surface area contributed by atoms with Crippen LogP contribution in [0.15, 0.2) is 59.4 Å². The SMILES string of the molecule is CC(=O)C(c1ccsc1)c1sc2ncccc2c1-c1ccc(F)cc1. The minimum atomic E-state index is -0.328. The van der Waals surface area contributed by atoms with Crippen LogP contribution in [0.2, 0.25) is 0 Å². The third-order valence-electron chi connectivity index (χ3n) is 4.17. The second-order valence-corrected chi connectivity index (χ2v) is 7.62. The number of pyridine rings is 1. The summed E-state index contributed by atoms with van der Waals surface area (Å²) in [6.45, 7) is 1.62. The Morgan fingerprint density at radius 3 is 2.64 bits per heavy atom. The maximum atomic E-state index is 13.4. The molecule has 4 aromatic rings. The number of aromatic nitrogens is 1. The fourth-order valence-corrected chi connectivity index (χ4v) is 5.12. The van der Waals surface area contributed by atoms with Gasteiger partial charge in [-0.15, -0.1) is 11.3 Å². The topological polar surface area (TPSA) is 30.0 Å². The van der Waals surface area contributed by atoms with Crippen molar-refractivity contribution in [1.29, 1.82) is 0 Å². The lowest BCUT2D eigenvalue weighted by atomic mass is 9.90. The molecule has 124 valence electrons. The Labute approximate surface area is 152 Å². The van der Waals surface area contributed by atoms with Crippen molar-refractivity contribution in [3.8, 4) is 11.1 Å². The normalized spacial score (nSPS) is 12.4. The first-order valence-electron chi connectivity index (χ1n) is 7.81. The molecule has 1 aromatic carbocycles. The Bertz CT molecular complexity index is 1040. The van der Waals surface area contributed by atoms with E-state index in [1.165, 1.54) is 23.5 Å². The van der Waals surface area contributed by atoms with Crippen LogP contribution in [0.5, 0.6) is 0 Å². The van der Waals surface area contributed by atoms with Gasteiger partial charge in [-0.3, -0.25) is 4.79 Å². The first-order valence-corrected chi connectivity index (χ1v) is 9.57. The molecule has 4 rings (SSSR count). The number of benzene rings is 1. The van der Waals surface area contributed by atoms with Crippen LogP contribution in [-0.4, -0.2) is 10.8 Å². The van der Waals surface area contributed by atoms with Crippen molar-refractivity contribution in [3.05, 3.63) is 75.7 Å². The average Bonchev–Trinajstić information content (AvgIpc) is 3.24.